The van der Waals surface area contributed by atoms with Crippen LogP contribution in [0.5, 0.6) is 0 Å². The van der Waals surface area contributed by atoms with Crippen LogP contribution in [0.3, 0.4) is 0 Å². The molecule has 0 aliphatic heterocycles. The molecule has 1 unspecified atom stereocenters. The van der Waals surface area contributed by atoms with Crippen LogP contribution in [0.1, 0.15) is 25.3 Å². The van der Waals surface area contributed by atoms with Crippen LogP contribution in [0.25, 0.3) is 0 Å². The maximum atomic E-state index is 9.47. The minimum absolute atomic E-state index is 0.159. The van der Waals surface area contributed by atoms with Crippen molar-refractivity contribution in [3.8, 4) is 0 Å². The van der Waals surface area contributed by atoms with E-state index in [0.717, 1.165) is 5.56 Å². The van der Waals surface area contributed by atoms with Gasteiger partial charge in [0.25, 0.3) is 0 Å². The van der Waals surface area contributed by atoms with Crippen molar-refractivity contribution in [3.63, 3.8) is 0 Å². The molecule has 1 aromatic carbocycles. The Bertz CT molecular complexity index is 386. The van der Waals surface area contributed by atoms with Crippen LogP contribution < -0.4 is 5.32 Å². The number of halogens is 2. The Kier molecular flexibility index (Phi) is 3.99. The van der Waals surface area contributed by atoms with Gasteiger partial charge in [-0.05, 0) is 49.4 Å². The molecule has 0 bridgehead atoms. The predicted octanol–water partition coefficient (Wildman–Crippen LogP) is 3.24. The van der Waals surface area contributed by atoms with Crippen LogP contribution in [-0.4, -0.2) is 17.3 Å². The topological polar surface area (TPSA) is 32.3 Å². The van der Waals surface area contributed by atoms with Gasteiger partial charge in [-0.15, -0.1) is 0 Å². The second kappa shape index (κ2) is 5.15. The SMILES string of the molecule is CC(CO)(NCc1cc(Cl)cc(Cl)c1)C1CC1. The van der Waals surface area contributed by atoms with Gasteiger partial charge in [-0.3, -0.25) is 0 Å². The average Bonchev–Trinajstić information content (AvgIpc) is 3.08. The van der Waals surface area contributed by atoms with E-state index in [4.69, 9.17) is 23.2 Å². The summed E-state index contributed by atoms with van der Waals surface area (Å²) < 4.78 is 0. The Balaban J connectivity index is 2.01. The van der Waals surface area contributed by atoms with Gasteiger partial charge in [-0.1, -0.05) is 23.2 Å². The lowest BCUT2D eigenvalue weighted by molar-refractivity contribution is 0.153. The summed E-state index contributed by atoms with van der Waals surface area (Å²) in [6, 6.07) is 5.51. The zero-order valence-corrected chi connectivity index (χ0v) is 11.4. The lowest BCUT2D eigenvalue weighted by atomic mass is 9.96. The Morgan fingerprint density at radius 2 is 1.88 bits per heavy atom. The quantitative estimate of drug-likeness (QED) is 0.863. The summed E-state index contributed by atoms with van der Waals surface area (Å²) in [5.41, 5.74) is 0.859. The first-order chi connectivity index (χ1) is 8.03. The van der Waals surface area contributed by atoms with Crippen LogP contribution in [0.15, 0.2) is 18.2 Å². The third kappa shape index (κ3) is 3.35. The Morgan fingerprint density at radius 1 is 1.29 bits per heavy atom. The molecule has 0 heterocycles. The molecule has 17 heavy (non-hydrogen) atoms. The van der Waals surface area contributed by atoms with Crippen molar-refractivity contribution in [3.05, 3.63) is 33.8 Å². The number of hydrogen-bond acceptors (Lipinski definition) is 2. The summed E-state index contributed by atoms with van der Waals surface area (Å²) in [6.07, 6.45) is 2.39. The van der Waals surface area contributed by atoms with Crippen molar-refractivity contribution in [1.82, 2.24) is 5.32 Å². The third-order valence-electron chi connectivity index (χ3n) is 3.43. The van der Waals surface area contributed by atoms with E-state index in [2.05, 4.69) is 12.2 Å². The fraction of sp³-hybridized carbons (Fsp3) is 0.538. The maximum absolute atomic E-state index is 9.47. The number of aliphatic hydroxyl groups is 1. The number of nitrogens with one attached hydrogen (secondary N) is 1. The zero-order valence-electron chi connectivity index (χ0n) is 9.84. The molecule has 2 nitrogen and oxygen atoms in total. The molecule has 1 saturated carbocycles. The second-order valence-electron chi connectivity index (χ2n) is 4.98. The van der Waals surface area contributed by atoms with Gasteiger partial charge in [0.2, 0.25) is 0 Å². The van der Waals surface area contributed by atoms with Gasteiger partial charge in [0.05, 0.1) is 6.61 Å². The van der Waals surface area contributed by atoms with Crippen molar-refractivity contribution >= 4 is 23.2 Å². The molecule has 4 heteroatoms. The average molecular weight is 274 g/mol. The molecule has 2 rings (SSSR count). The first-order valence-electron chi connectivity index (χ1n) is 5.84. The highest BCUT2D eigenvalue weighted by atomic mass is 35.5. The fourth-order valence-electron chi connectivity index (χ4n) is 2.07. The minimum Gasteiger partial charge on any atom is -0.394 e. The number of aliphatic hydroxyl groups excluding tert-OH is 1. The van der Waals surface area contributed by atoms with Crippen molar-refractivity contribution < 1.29 is 5.11 Å². The van der Waals surface area contributed by atoms with Gasteiger partial charge in [0.1, 0.15) is 0 Å². The van der Waals surface area contributed by atoms with E-state index in [-0.39, 0.29) is 12.1 Å². The molecule has 0 saturated heterocycles. The monoisotopic (exact) mass is 273 g/mol. The summed E-state index contributed by atoms with van der Waals surface area (Å²) in [5.74, 6) is 0.585. The van der Waals surface area contributed by atoms with Crippen molar-refractivity contribution in [1.29, 1.82) is 0 Å². The first kappa shape index (κ1) is 13.2. The van der Waals surface area contributed by atoms with Gasteiger partial charge in [0.15, 0.2) is 0 Å². The van der Waals surface area contributed by atoms with E-state index < -0.39 is 0 Å². The number of benzene rings is 1. The molecule has 1 aliphatic carbocycles. The van der Waals surface area contributed by atoms with E-state index in [1.54, 1.807) is 6.07 Å². The van der Waals surface area contributed by atoms with E-state index >= 15 is 0 Å². The van der Waals surface area contributed by atoms with Gasteiger partial charge in [0, 0.05) is 22.1 Å². The summed E-state index contributed by atoms with van der Waals surface area (Å²) in [6.45, 7) is 2.90. The molecule has 1 atom stereocenters. The largest absolute Gasteiger partial charge is 0.394 e. The van der Waals surface area contributed by atoms with E-state index in [1.807, 2.05) is 12.1 Å². The van der Waals surface area contributed by atoms with Crippen LogP contribution in [0.4, 0.5) is 0 Å². The molecular weight excluding hydrogens is 257 g/mol. The Labute approximate surface area is 112 Å². The lowest BCUT2D eigenvalue weighted by Gasteiger charge is -2.29. The molecule has 0 spiro atoms. The molecule has 1 aliphatic rings. The standard InChI is InChI=1S/C13H17Cl2NO/c1-13(8-17,10-2-3-10)16-7-9-4-11(14)6-12(15)5-9/h4-6,10,16-17H,2-3,7-8H2,1H3. The molecule has 0 aromatic heterocycles. The van der Waals surface area contributed by atoms with Crippen LogP contribution in [0.2, 0.25) is 10.0 Å². The van der Waals surface area contributed by atoms with E-state index in [1.165, 1.54) is 12.8 Å². The van der Waals surface area contributed by atoms with E-state index in [9.17, 15) is 5.11 Å². The van der Waals surface area contributed by atoms with Gasteiger partial charge in [-0.2, -0.15) is 0 Å². The van der Waals surface area contributed by atoms with Crippen LogP contribution in [0, 0.1) is 5.92 Å². The van der Waals surface area contributed by atoms with Gasteiger partial charge >= 0.3 is 0 Å². The highest BCUT2D eigenvalue weighted by molar-refractivity contribution is 6.34. The normalized spacial score (nSPS) is 19.1. The molecular formula is C13H17Cl2NO. The minimum atomic E-state index is -0.186. The second-order valence-corrected chi connectivity index (χ2v) is 5.85. The summed E-state index contributed by atoms with van der Waals surface area (Å²) >= 11 is 11.9. The Hall–Kier alpha value is -0.280. The summed E-state index contributed by atoms with van der Waals surface area (Å²) in [7, 11) is 0. The number of hydrogen-bond donors (Lipinski definition) is 2. The first-order valence-corrected chi connectivity index (χ1v) is 6.60. The van der Waals surface area contributed by atoms with Crippen molar-refractivity contribution in [2.24, 2.45) is 5.92 Å². The van der Waals surface area contributed by atoms with Crippen molar-refractivity contribution in [2.45, 2.75) is 31.8 Å². The highest BCUT2D eigenvalue weighted by Crippen LogP contribution is 2.39. The lowest BCUT2D eigenvalue weighted by Crippen LogP contribution is -2.47. The van der Waals surface area contributed by atoms with E-state index in [0.29, 0.717) is 22.5 Å². The highest BCUT2D eigenvalue weighted by Gasteiger charge is 2.40. The summed E-state index contributed by atoms with van der Waals surface area (Å²) in [4.78, 5) is 0. The van der Waals surface area contributed by atoms with Gasteiger partial charge in [-0.25, -0.2) is 0 Å². The molecule has 1 aromatic rings. The molecule has 1 fully saturated rings. The molecule has 0 amide bonds. The number of rotatable bonds is 5. The third-order valence-corrected chi connectivity index (χ3v) is 3.86. The maximum Gasteiger partial charge on any atom is 0.0613 e. The van der Waals surface area contributed by atoms with Crippen molar-refractivity contribution in [2.75, 3.05) is 6.61 Å². The smallest absolute Gasteiger partial charge is 0.0613 e. The fourth-order valence-corrected chi connectivity index (χ4v) is 2.64. The van der Waals surface area contributed by atoms with Crippen LogP contribution in [-0.2, 0) is 6.54 Å². The Morgan fingerprint density at radius 3 is 2.35 bits per heavy atom. The molecule has 2 N–H and O–H groups in total. The molecule has 94 valence electrons. The summed E-state index contributed by atoms with van der Waals surface area (Å²) in [5, 5.41) is 14.2. The predicted molar refractivity (Wildman–Crippen MR) is 71.5 cm³/mol. The van der Waals surface area contributed by atoms with Crippen LogP contribution >= 0.6 is 23.2 Å². The van der Waals surface area contributed by atoms with Gasteiger partial charge < -0.3 is 10.4 Å². The zero-order chi connectivity index (χ0) is 12.5. The molecule has 0 radical (unpaired) electrons.